The summed E-state index contributed by atoms with van der Waals surface area (Å²) in [7, 11) is 0. The van der Waals surface area contributed by atoms with Crippen molar-refractivity contribution < 1.29 is 9.90 Å². The Bertz CT molecular complexity index is 602. The average molecular weight is 245 g/mol. The molecule has 0 aliphatic heterocycles. The molecule has 1 aromatic carbocycles. The maximum absolute atomic E-state index is 11.2. The van der Waals surface area contributed by atoms with E-state index in [-0.39, 0.29) is 6.61 Å². The van der Waals surface area contributed by atoms with Gasteiger partial charge in [0.05, 0.1) is 18.0 Å². The van der Waals surface area contributed by atoms with Crippen LogP contribution in [0.3, 0.4) is 0 Å². The third-order valence-electron chi connectivity index (χ3n) is 3.04. The first-order valence-electron chi connectivity index (χ1n) is 5.60. The monoisotopic (exact) mass is 245 g/mol. The van der Waals surface area contributed by atoms with Crippen molar-refractivity contribution in [3.05, 3.63) is 46.8 Å². The van der Waals surface area contributed by atoms with Crippen molar-refractivity contribution in [2.45, 2.75) is 20.5 Å². The van der Waals surface area contributed by atoms with E-state index in [1.165, 1.54) is 0 Å². The molecule has 0 atom stereocenters. The molecule has 2 aromatic rings. The molecule has 0 saturated heterocycles. The third kappa shape index (κ3) is 2.00. The summed E-state index contributed by atoms with van der Waals surface area (Å²) in [6.07, 6.45) is 0. The Labute approximate surface area is 105 Å². The van der Waals surface area contributed by atoms with Gasteiger partial charge in [-0.2, -0.15) is 5.10 Å². The number of nitrogens with two attached hydrogens (primary N) is 1. The Morgan fingerprint density at radius 3 is 2.72 bits per heavy atom. The molecule has 0 saturated carbocycles. The normalized spacial score (nSPS) is 10.6. The van der Waals surface area contributed by atoms with Gasteiger partial charge in [0.25, 0.3) is 0 Å². The fourth-order valence-corrected chi connectivity index (χ4v) is 1.83. The van der Waals surface area contributed by atoms with Gasteiger partial charge >= 0.3 is 0 Å². The SMILES string of the molecule is Cc1c(CO)nn(-c2cccc(C(N)=O)c2)c1C. The molecule has 0 fully saturated rings. The van der Waals surface area contributed by atoms with E-state index in [0.717, 1.165) is 16.9 Å². The zero-order chi connectivity index (χ0) is 13.3. The lowest BCUT2D eigenvalue weighted by Crippen LogP contribution is -2.11. The van der Waals surface area contributed by atoms with Crippen LogP contribution < -0.4 is 5.73 Å². The van der Waals surface area contributed by atoms with E-state index in [9.17, 15) is 9.90 Å². The van der Waals surface area contributed by atoms with Gasteiger partial charge in [0.2, 0.25) is 5.91 Å². The Hall–Kier alpha value is -2.14. The van der Waals surface area contributed by atoms with Crippen molar-refractivity contribution in [1.29, 1.82) is 0 Å². The van der Waals surface area contributed by atoms with Crippen LogP contribution in [0.15, 0.2) is 24.3 Å². The van der Waals surface area contributed by atoms with Crippen molar-refractivity contribution >= 4 is 5.91 Å². The molecule has 5 nitrogen and oxygen atoms in total. The average Bonchev–Trinajstić information content (AvgIpc) is 2.66. The molecule has 3 N–H and O–H groups in total. The molecule has 0 aliphatic rings. The number of hydrogen-bond donors (Lipinski definition) is 2. The van der Waals surface area contributed by atoms with Gasteiger partial charge in [-0.3, -0.25) is 4.79 Å². The molecule has 94 valence electrons. The number of aromatic nitrogens is 2. The molecule has 2 rings (SSSR count). The number of nitrogens with zero attached hydrogens (tertiary/aromatic N) is 2. The van der Waals surface area contributed by atoms with Crippen molar-refractivity contribution in [3.63, 3.8) is 0 Å². The van der Waals surface area contributed by atoms with E-state index in [2.05, 4.69) is 5.10 Å². The molecule has 0 radical (unpaired) electrons. The van der Waals surface area contributed by atoms with E-state index in [4.69, 9.17) is 5.73 Å². The van der Waals surface area contributed by atoms with Crippen LogP contribution >= 0.6 is 0 Å². The largest absolute Gasteiger partial charge is 0.390 e. The molecular formula is C13H15N3O2. The number of carbonyl (C=O) groups excluding carboxylic acids is 1. The van der Waals surface area contributed by atoms with Crippen molar-refractivity contribution in [1.82, 2.24) is 9.78 Å². The zero-order valence-corrected chi connectivity index (χ0v) is 10.3. The van der Waals surface area contributed by atoms with Crippen LogP contribution in [-0.2, 0) is 6.61 Å². The number of aliphatic hydroxyl groups is 1. The Morgan fingerprint density at radius 2 is 2.17 bits per heavy atom. The standard InChI is InChI=1S/C13H15N3O2/c1-8-9(2)16(15-12(8)7-17)11-5-3-4-10(6-11)13(14)18/h3-6,17H,7H2,1-2H3,(H2,14,18). The Balaban J connectivity index is 2.55. The van der Waals surface area contributed by atoms with Gasteiger partial charge in [0.1, 0.15) is 0 Å². The maximum atomic E-state index is 11.2. The summed E-state index contributed by atoms with van der Waals surface area (Å²) in [5, 5.41) is 13.5. The smallest absolute Gasteiger partial charge is 0.248 e. The van der Waals surface area contributed by atoms with E-state index in [1.54, 1.807) is 22.9 Å². The van der Waals surface area contributed by atoms with Gasteiger partial charge in [-0.1, -0.05) is 6.07 Å². The summed E-state index contributed by atoms with van der Waals surface area (Å²) in [6.45, 7) is 3.72. The first kappa shape index (κ1) is 12.3. The number of hydrogen-bond acceptors (Lipinski definition) is 3. The summed E-state index contributed by atoms with van der Waals surface area (Å²) in [6, 6.07) is 6.94. The van der Waals surface area contributed by atoms with Gasteiger partial charge in [-0.15, -0.1) is 0 Å². The van der Waals surface area contributed by atoms with Crippen molar-refractivity contribution in [2.75, 3.05) is 0 Å². The summed E-state index contributed by atoms with van der Waals surface area (Å²) >= 11 is 0. The number of aliphatic hydroxyl groups excluding tert-OH is 1. The number of carbonyl (C=O) groups is 1. The second-order valence-corrected chi connectivity index (χ2v) is 4.14. The fourth-order valence-electron chi connectivity index (χ4n) is 1.83. The van der Waals surface area contributed by atoms with Gasteiger partial charge in [0, 0.05) is 11.3 Å². The second-order valence-electron chi connectivity index (χ2n) is 4.14. The molecule has 0 aliphatic carbocycles. The Morgan fingerprint density at radius 1 is 1.44 bits per heavy atom. The molecule has 0 spiro atoms. The first-order chi connectivity index (χ1) is 8.54. The molecule has 0 bridgehead atoms. The highest BCUT2D eigenvalue weighted by Gasteiger charge is 2.12. The van der Waals surface area contributed by atoms with Crippen LogP contribution in [-0.4, -0.2) is 20.8 Å². The lowest BCUT2D eigenvalue weighted by Gasteiger charge is -2.05. The predicted octanol–water partition coefficient (Wildman–Crippen LogP) is 1.08. The highest BCUT2D eigenvalue weighted by atomic mass is 16.3. The Kier molecular flexibility index (Phi) is 3.16. The molecule has 5 heteroatoms. The van der Waals surface area contributed by atoms with Crippen LogP contribution in [0.25, 0.3) is 5.69 Å². The van der Waals surface area contributed by atoms with E-state index < -0.39 is 5.91 Å². The van der Waals surface area contributed by atoms with E-state index in [1.807, 2.05) is 19.9 Å². The zero-order valence-electron chi connectivity index (χ0n) is 10.3. The van der Waals surface area contributed by atoms with E-state index >= 15 is 0 Å². The van der Waals surface area contributed by atoms with Crippen molar-refractivity contribution in [2.24, 2.45) is 5.73 Å². The number of primary amides is 1. The lowest BCUT2D eigenvalue weighted by molar-refractivity contribution is 0.1000. The minimum Gasteiger partial charge on any atom is -0.390 e. The van der Waals surface area contributed by atoms with Gasteiger partial charge in [-0.05, 0) is 37.6 Å². The minimum absolute atomic E-state index is 0.102. The van der Waals surface area contributed by atoms with Crippen LogP contribution in [0.4, 0.5) is 0 Å². The topological polar surface area (TPSA) is 81.1 Å². The number of rotatable bonds is 3. The summed E-state index contributed by atoms with van der Waals surface area (Å²) < 4.78 is 1.70. The van der Waals surface area contributed by atoms with Crippen molar-refractivity contribution in [3.8, 4) is 5.69 Å². The fraction of sp³-hybridized carbons (Fsp3) is 0.231. The molecule has 0 unspecified atom stereocenters. The number of benzene rings is 1. The maximum Gasteiger partial charge on any atom is 0.248 e. The van der Waals surface area contributed by atoms with E-state index in [0.29, 0.717) is 11.3 Å². The first-order valence-corrected chi connectivity index (χ1v) is 5.60. The van der Waals surface area contributed by atoms with Crippen LogP contribution in [0, 0.1) is 13.8 Å². The summed E-state index contributed by atoms with van der Waals surface area (Å²) in [4.78, 5) is 11.2. The highest BCUT2D eigenvalue weighted by molar-refractivity contribution is 5.93. The molecular weight excluding hydrogens is 230 g/mol. The molecule has 1 heterocycles. The third-order valence-corrected chi connectivity index (χ3v) is 3.04. The van der Waals surface area contributed by atoms with Gasteiger partial charge < -0.3 is 10.8 Å². The highest BCUT2D eigenvalue weighted by Crippen LogP contribution is 2.18. The quantitative estimate of drug-likeness (QED) is 0.849. The van der Waals surface area contributed by atoms with Gasteiger partial charge in [-0.25, -0.2) is 4.68 Å². The minimum atomic E-state index is -0.472. The summed E-state index contributed by atoms with van der Waals surface area (Å²) in [5.74, 6) is -0.472. The van der Waals surface area contributed by atoms with Crippen LogP contribution in [0.5, 0.6) is 0 Å². The molecule has 1 aromatic heterocycles. The van der Waals surface area contributed by atoms with Gasteiger partial charge in [0.15, 0.2) is 0 Å². The molecule has 18 heavy (non-hydrogen) atoms. The van der Waals surface area contributed by atoms with Crippen LogP contribution in [0.1, 0.15) is 27.3 Å². The summed E-state index contributed by atoms with van der Waals surface area (Å²) in [5.41, 5.74) is 8.96. The second kappa shape index (κ2) is 4.62. The number of amides is 1. The molecule has 1 amide bonds. The predicted molar refractivity (Wildman–Crippen MR) is 67.5 cm³/mol. The lowest BCUT2D eigenvalue weighted by atomic mass is 10.2. The van der Waals surface area contributed by atoms with Crippen LogP contribution in [0.2, 0.25) is 0 Å².